The predicted molar refractivity (Wildman–Crippen MR) is 60.8 cm³/mol. The lowest BCUT2D eigenvalue weighted by atomic mass is 9.86. The van der Waals surface area contributed by atoms with Crippen LogP contribution in [0.2, 0.25) is 0 Å². The molecule has 2 aliphatic rings. The van der Waals surface area contributed by atoms with Gasteiger partial charge in [0.05, 0.1) is 0 Å². The van der Waals surface area contributed by atoms with Crippen molar-refractivity contribution in [1.82, 2.24) is 10.2 Å². The lowest BCUT2D eigenvalue weighted by Gasteiger charge is -2.38. The van der Waals surface area contributed by atoms with E-state index < -0.39 is 5.92 Å². The number of piperazine rings is 1. The summed E-state index contributed by atoms with van der Waals surface area (Å²) in [7, 11) is 0. The zero-order valence-electron chi connectivity index (χ0n) is 10.0. The van der Waals surface area contributed by atoms with Crippen molar-refractivity contribution in [2.24, 2.45) is 5.92 Å². The second-order valence-corrected chi connectivity index (χ2v) is 5.37. The molecule has 0 aromatic heterocycles. The summed E-state index contributed by atoms with van der Waals surface area (Å²) >= 11 is 0. The lowest BCUT2D eigenvalue weighted by Crippen LogP contribution is -2.51. The van der Waals surface area contributed by atoms with Gasteiger partial charge in [-0.3, -0.25) is 4.90 Å². The molecule has 1 aliphatic carbocycles. The molecule has 1 saturated carbocycles. The number of halogens is 2. The van der Waals surface area contributed by atoms with Gasteiger partial charge in [0, 0.05) is 45.1 Å². The highest BCUT2D eigenvalue weighted by atomic mass is 19.3. The van der Waals surface area contributed by atoms with Crippen LogP contribution in [0.25, 0.3) is 0 Å². The number of nitrogens with zero attached hydrogens (tertiary/aromatic N) is 1. The summed E-state index contributed by atoms with van der Waals surface area (Å²) < 4.78 is 26.6. The van der Waals surface area contributed by atoms with E-state index >= 15 is 0 Å². The Labute approximate surface area is 96.4 Å². The van der Waals surface area contributed by atoms with Crippen LogP contribution in [0.15, 0.2) is 0 Å². The van der Waals surface area contributed by atoms with Gasteiger partial charge in [-0.15, -0.1) is 0 Å². The molecule has 0 aromatic rings. The monoisotopic (exact) mass is 232 g/mol. The van der Waals surface area contributed by atoms with Gasteiger partial charge in [0.25, 0.3) is 0 Å². The summed E-state index contributed by atoms with van der Waals surface area (Å²) in [4.78, 5) is 2.36. The molecule has 1 heterocycles. The third-order valence-electron chi connectivity index (χ3n) is 3.87. The van der Waals surface area contributed by atoms with Crippen LogP contribution in [-0.4, -0.2) is 43.0 Å². The maximum absolute atomic E-state index is 13.3. The van der Waals surface area contributed by atoms with Crippen molar-refractivity contribution in [2.75, 3.05) is 26.2 Å². The average Bonchev–Trinajstić information content (AvgIpc) is 2.20. The van der Waals surface area contributed by atoms with Gasteiger partial charge in [0.15, 0.2) is 0 Å². The Kier molecular flexibility index (Phi) is 3.80. The first-order chi connectivity index (χ1) is 7.57. The van der Waals surface area contributed by atoms with E-state index in [0.717, 1.165) is 32.6 Å². The standard InChI is InChI=1S/C12H22F2N2/c1-10-8-15-5-6-16(10)9-11-3-2-4-12(13,14)7-11/h10-11,15H,2-9H2,1H3/t10-,11?/m1/s1. The number of hydrogen-bond acceptors (Lipinski definition) is 2. The summed E-state index contributed by atoms with van der Waals surface area (Å²) in [6, 6.07) is 0.490. The van der Waals surface area contributed by atoms with Crippen molar-refractivity contribution in [3.8, 4) is 0 Å². The third-order valence-corrected chi connectivity index (χ3v) is 3.87. The van der Waals surface area contributed by atoms with E-state index in [9.17, 15) is 8.78 Å². The van der Waals surface area contributed by atoms with Crippen LogP contribution < -0.4 is 5.32 Å². The molecule has 2 nitrogen and oxygen atoms in total. The summed E-state index contributed by atoms with van der Waals surface area (Å²) in [6.45, 7) is 6.02. The second kappa shape index (κ2) is 4.96. The van der Waals surface area contributed by atoms with E-state index in [1.165, 1.54) is 0 Å². The largest absolute Gasteiger partial charge is 0.314 e. The Morgan fingerprint density at radius 1 is 1.44 bits per heavy atom. The van der Waals surface area contributed by atoms with Gasteiger partial charge < -0.3 is 5.32 Å². The molecule has 1 unspecified atom stereocenters. The van der Waals surface area contributed by atoms with Gasteiger partial charge in [-0.1, -0.05) is 0 Å². The van der Waals surface area contributed by atoms with E-state index in [1.54, 1.807) is 0 Å². The average molecular weight is 232 g/mol. The van der Waals surface area contributed by atoms with Crippen molar-refractivity contribution in [3.63, 3.8) is 0 Å². The van der Waals surface area contributed by atoms with E-state index in [0.29, 0.717) is 12.5 Å². The molecule has 0 radical (unpaired) electrons. The molecular weight excluding hydrogens is 210 g/mol. The van der Waals surface area contributed by atoms with Crippen LogP contribution >= 0.6 is 0 Å². The van der Waals surface area contributed by atoms with Crippen LogP contribution in [0.1, 0.15) is 32.6 Å². The quantitative estimate of drug-likeness (QED) is 0.784. The van der Waals surface area contributed by atoms with Gasteiger partial charge >= 0.3 is 0 Å². The van der Waals surface area contributed by atoms with Crippen molar-refractivity contribution in [1.29, 1.82) is 0 Å². The van der Waals surface area contributed by atoms with Crippen LogP contribution in [0, 0.1) is 5.92 Å². The molecule has 0 spiro atoms. The highest BCUT2D eigenvalue weighted by molar-refractivity contribution is 4.83. The first kappa shape index (κ1) is 12.2. The fourth-order valence-electron chi connectivity index (χ4n) is 2.92. The Balaban J connectivity index is 1.84. The minimum Gasteiger partial charge on any atom is -0.314 e. The summed E-state index contributed by atoms with van der Waals surface area (Å²) in [5.74, 6) is -2.20. The number of hydrogen-bond donors (Lipinski definition) is 1. The van der Waals surface area contributed by atoms with Gasteiger partial charge in [-0.25, -0.2) is 8.78 Å². The van der Waals surface area contributed by atoms with Crippen molar-refractivity contribution in [3.05, 3.63) is 0 Å². The smallest absolute Gasteiger partial charge is 0.248 e. The zero-order chi connectivity index (χ0) is 11.6. The van der Waals surface area contributed by atoms with Crippen molar-refractivity contribution >= 4 is 0 Å². The fraction of sp³-hybridized carbons (Fsp3) is 1.00. The molecule has 94 valence electrons. The predicted octanol–water partition coefficient (Wildman–Crippen LogP) is 2.11. The SMILES string of the molecule is C[C@@H]1CNCCN1CC1CCCC(F)(F)C1. The molecule has 2 atom stereocenters. The van der Waals surface area contributed by atoms with Gasteiger partial charge in [-0.05, 0) is 25.7 Å². The minimum atomic E-state index is -2.40. The second-order valence-electron chi connectivity index (χ2n) is 5.37. The van der Waals surface area contributed by atoms with Crippen LogP contribution in [0.4, 0.5) is 8.78 Å². The Morgan fingerprint density at radius 2 is 2.25 bits per heavy atom. The normalized spacial score (nSPS) is 36.2. The maximum atomic E-state index is 13.3. The van der Waals surface area contributed by atoms with E-state index in [2.05, 4.69) is 17.1 Å². The van der Waals surface area contributed by atoms with Gasteiger partial charge in [0.2, 0.25) is 5.92 Å². The zero-order valence-corrected chi connectivity index (χ0v) is 10.0. The van der Waals surface area contributed by atoms with E-state index in [1.807, 2.05) is 0 Å². The first-order valence-electron chi connectivity index (χ1n) is 6.39. The Hall–Kier alpha value is -0.220. The molecule has 0 bridgehead atoms. The van der Waals surface area contributed by atoms with Crippen LogP contribution in [0.3, 0.4) is 0 Å². The van der Waals surface area contributed by atoms with Gasteiger partial charge in [0.1, 0.15) is 0 Å². The van der Waals surface area contributed by atoms with Crippen LogP contribution in [-0.2, 0) is 0 Å². The van der Waals surface area contributed by atoms with Crippen LogP contribution in [0.5, 0.6) is 0 Å². The molecule has 1 aliphatic heterocycles. The number of alkyl halides is 2. The molecule has 0 aromatic carbocycles. The summed E-state index contributed by atoms with van der Waals surface area (Å²) in [5.41, 5.74) is 0. The molecule has 0 amide bonds. The summed E-state index contributed by atoms with van der Waals surface area (Å²) in [6.07, 6.45) is 1.87. The fourth-order valence-corrected chi connectivity index (χ4v) is 2.92. The highest BCUT2D eigenvalue weighted by Crippen LogP contribution is 2.37. The first-order valence-corrected chi connectivity index (χ1v) is 6.39. The topological polar surface area (TPSA) is 15.3 Å². The molecule has 1 N–H and O–H groups in total. The maximum Gasteiger partial charge on any atom is 0.248 e. The van der Waals surface area contributed by atoms with Crippen molar-refractivity contribution < 1.29 is 8.78 Å². The van der Waals surface area contributed by atoms with Gasteiger partial charge in [-0.2, -0.15) is 0 Å². The molecule has 1 saturated heterocycles. The molecular formula is C12H22F2N2. The lowest BCUT2D eigenvalue weighted by molar-refractivity contribution is -0.0589. The molecule has 4 heteroatoms. The minimum absolute atomic E-state index is 0.0978. The molecule has 2 fully saturated rings. The number of nitrogens with one attached hydrogen (secondary N) is 1. The number of rotatable bonds is 2. The Bertz CT molecular complexity index is 233. The van der Waals surface area contributed by atoms with Crippen molar-refractivity contribution in [2.45, 2.75) is 44.6 Å². The van der Waals surface area contributed by atoms with E-state index in [4.69, 9.17) is 0 Å². The Morgan fingerprint density at radius 3 is 2.94 bits per heavy atom. The molecule has 2 rings (SSSR count). The third kappa shape index (κ3) is 3.14. The highest BCUT2D eigenvalue weighted by Gasteiger charge is 2.37. The molecule has 16 heavy (non-hydrogen) atoms. The summed E-state index contributed by atoms with van der Waals surface area (Å²) in [5, 5.41) is 3.33. The van der Waals surface area contributed by atoms with E-state index in [-0.39, 0.29) is 18.8 Å².